The van der Waals surface area contributed by atoms with Crippen LogP contribution in [0.3, 0.4) is 0 Å². The third-order valence-corrected chi connectivity index (χ3v) is 2.59. The van der Waals surface area contributed by atoms with Crippen LogP contribution in [0.1, 0.15) is 24.0 Å². The van der Waals surface area contributed by atoms with E-state index in [9.17, 15) is 4.79 Å². The first-order valence-electron chi connectivity index (χ1n) is 4.51. The van der Waals surface area contributed by atoms with E-state index in [1.807, 2.05) is 19.9 Å². The molecular formula is C11H12O2. The van der Waals surface area contributed by atoms with Crippen molar-refractivity contribution < 1.29 is 4.42 Å². The van der Waals surface area contributed by atoms with Crippen LogP contribution in [0.5, 0.6) is 0 Å². The molecule has 2 rings (SSSR count). The first-order chi connectivity index (χ1) is 6.20. The quantitative estimate of drug-likeness (QED) is 0.580. The smallest absolute Gasteiger partial charge is 0.339 e. The minimum atomic E-state index is -0.206. The van der Waals surface area contributed by atoms with Crippen molar-refractivity contribution in [1.29, 1.82) is 0 Å². The van der Waals surface area contributed by atoms with Crippen LogP contribution in [0.25, 0.3) is 12.2 Å². The summed E-state index contributed by atoms with van der Waals surface area (Å²) in [7, 11) is 0. The fraction of sp³-hybridized carbons (Fsp3) is 0.364. The molecule has 0 saturated carbocycles. The summed E-state index contributed by atoms with van der Waals surface area (Å²) in [6.45, 7) is 3.78. The van der Waals surface area contributed by atoms with Crippen molar-refractivity contribution in [2.45, 2.75) is 26.7 Å². The van der Waals surface area contributed by atoms with Gasteiger partial charge in [0.25, 0.3) is 0 Å². The van der Waals surface area contributed by atoms with Gasteiger partial charge in [-0.05, 0) is 38.3 Å². The fourth-order valence-corrected chi connectivity index (χ4v) is 1.62. The molecule has 1 aliphatic rings. The van der Waals surface area contributed by atoms with Crippen molar-refractivity contribution in [3.8, 4) is 0 Å². The molecule has 1 aromatic heterocycles. The molecule has 1 heterocycles. The van der Waals surface area contributed by atoms with Gasteiger partial charge >= 0.3 is 5.63 Å². The Labute approximate surface area is 76.2 Å². The third-order valence-electron chi connectivity index (χ3n) is 2.59. The van der Waals surface area contributed by atoms with Gasteiger partial charge in [-0.1, -0.05) is 6.08 Å². The SMILES string of the molecule is Cc1c(C)c2c(oc1=O)=CCCC=2. The van der Waals surface area contributed by atoms with Gasteiger partial charge in [0.2, 0.25) is 0 Å². The largest absolute Gasteiger partial charge is 0.423 e. The average Bonchev–Trinajstić information content (AvgIpc) is 2.15. The van der Waals surface area contributed by atoms with Crippen LogP contribution in [-0.2, 0) is 0 Å². The monoisotopic (exact) mass is 176 g/mol. The van der Waals surface area contributed by atoms with Crippen LogP contribution in [-0.4, -0.2) is 0 Å². The summed E-state index contributed by atoms with van der Waals surface area (Å²) < 4.78 is 5.17. The first kappa shape index (κ1) is 8.30. The first-order valence-corrected chi connectivity index (χ1v) is 4.51. The summed E-state index contributed by atoms with van der Waals surface area (Å²) in [5, 5.41) is 1.10. The normalized spacial score (nSPS) is 14.3. The molecule has 0 fully saturated rings. The van der Waals surface area contributed by atoms with E-state index < -0.39 is 0 Å². The topological polar surface area (TPSA) is 30.2 Å². The highest BCUT2D eigenvalue weighted by Crippen LogP contribution is 1.98. The number of hydrogen-bond acceptors (Lipinski definition) is 2. The van der Waals surface area contributed by atoms with Crippen LogP contribution in [0, 0.1) is 13.8 Å². The molecule has 1 aliphatic carbocycles. The maximum atomic E-state index is 11.3. The Morgan fingerprint density at radius 2 is 1.85 bits per heavy atom. The zero-order valence-corrected chi connectivity index (χ0v) is 7.89. The van der Waals surface area contributed by atoms with E-state index >= 15 is 0 Å². The average molecular weight is 176 g/mol. The number of hydrogen-bond donors (Lipinski definition) is 0. The maximum Gasteiger partial charge on any atom is 0.339 e. The summed E-state index contributed by atoms with van der Waals surface area (Å²) in [6.07, 6.45) is 6.14. The van der Waals surface area contributed by atoms with E-state index in [1.165, 1.54) is 0 Å². The second kappa shape index (κ2) is 2.87. The van der Waals surface area contributed by atoms with Crippen LogP contribution in [0.15, 0.2) is 9.21 Å². The van der Waals surface area contributed by atoms with E-state index in [0.29, 0.717) is 0 Å². The molecule has 0 aromatic carbocycles. The second-order valence-electron chi connectivity index (χ2n) is 3.40. The molecule has 68 valence electrons. The highest BCUT2D eigenvalue weighted by molar-refractivity contribution is 5.39. The predicted octanol–water partition coefficient (Wildman–Crippen LogP) is 0.611. The molecule has 0 spiro atoms. The number of rotatable bonds is 0. The highest BCUT2D eigenvalue weighted by atomic mass is 16.4. The molecule has 1 aromatic rings. The zero-order chi connectivity index (χ0) is 9.42. The molecule has 0 atom stereocenters. The lowest BCUT2D eigenvalue weighted by atomic mass is 10.1. The lowest BCUT2D eigenvalue weighted by Crippen LogP contribution is -2.34. The highest BCUT2D eigenvalue weighted by Gasteiger charge is 2.05. The van der Waals surface area contributed by atoms with Gasteiger partial charge in [-0.25, -0.2) is 4.79 Å². The summed E-state index contributed by atoms with van der Waals surface area (Å²) in [5.41, 5.74) is 2.33. The predicted molar refractivity (Wildman–Crippen MR) is 51.9 cm³/mol. The fourth-order valence-electron chi connectivity index (χ4n) is 1.62. The van der Waals surface area contributed by atoms with E-state index in [-0.39, 0.29) is 5.63 Å². The van der Waals surface area contributed by atoms with Crippen molar-refractivity contribution in [3.05, 3.63) is 32.2 Å². The lowest BCUT2D eigenvalue weighted by molar-refractivity contribution is 0.464. The molecule has 2 heteroatoms. The summed E-state index contributed by atoms with van der Waals surface area (Å²) >= 11 is 0. The van der Waals surface area contributed by atoms with Gasteiger partial charge in [0.1, 0.15) is 5.42 Å². The van der Waals surface area contributed by atoms with Crippen molar-refractivity contribution in [2.75, 3.05) is 0 Å². The van der Waals surface area contributed by atoms with Gasteiger partial charge < -0.3 is 4.42 Å². The molecule has 0 amide bonds. The molecule has 13 heavy (non-hydrogen) atoms. The molecule has 2 nitrogen and oxygen atoms in total. The Hall–Kier alpha value is -1.31. The molecule has 0 bridgehead atoms. The van der Waals surface area contributed by atoms with Gasteiger partial charge in [-0.15, -0.1) is 0 Å². The molecule has 0 unspecified atom stereocenters. The van der Waals surface area contributed by atoms with E-state index in [2.05, 4.69) is 6.08 Å². The minimum absolute atomic E-state index is 0.206. The number of fused-ring (bicyclic) bond motifs is 1. The standard InChI is InChI=1S/C11H12O2/c1-7-8(2)11(12)13-10-6-4-3-5-9(7)10/h5-6H,3-4H2,1-2H3. The molecule has 0 N–H and O–H groups in total. The Morgan fingerprint density at radius 3 is 2.62 bits per heavy atom. The summed E-state index contributed by atoms with van der Waals surface area (Å²) in [6, 6.07) is 0. The molecule has 0 saturated heterocycles. The van der Waals surface area contributed by atoms with E-state index in [1.54, 1.807) is 0 Å². The van der Waals surface area contributed by atoms with Gasteiger partial charge in [-0.2, -0.15) is 0 Å². The Balaban J connectivity index is 3.00. The van der Waals surface area contributed by atoms with Crippen LogP contribution in [0.2, 0.25) is 0 Å². The summed E-state index contributed by atoms with van der Waals surface area (Å²) in [4.78, 5) is 11.3. The summed E-state index contributed by atoms with van der Waals surface area (Å²) in [5.74, 6) is 0. The van der Waals surface area contributed by atoms with Gasteiger partial charge in [0.15, 0.2) is 0 Å². The van der Waals surface area contributed by atoms with E-state index in [4.69, 9.17) is 4.42 Å². The second-order valence-corrected chi connectivity index (χ2v) is 3.40. The lowest BCUT2D eigenvalue weighted by Gasteiger charge is -2.03. The van der Waals surface area contributed by atoms with Crippen LogP contribution < -0.4 is 16.3 Å². The maximum absolute atomic E-state index is 11.3. The van der Waals surface area contributed by atoms with Gasteiger partial charge in [0, 0.05) is 10.8 Å². The van der Waals surface area contributed by atoms with Crippen molar-refractivity contribution in [1.82, 2.24) is 0 Å². The van der Waals surface area contributed by atoms with Crippen molar-refractivity contribution in [3.63, 3.8) is 0 Å². The van der Waals surface area contributed by atoms with Gasteiger partial charge in [-0.3, -0.25) is 0 Å². The molecule has 0 radical (unpaired) electrons. The minimum Gasteiger partial charge on any atom is -0.423 e. The third kappa shape index (κ3) is 1.22. The zero-order valence-electron chi connectivity index (χ0n) is 7.89. The van der Waals surface area contributed by atoms with Crippen LogP contribution in [0.4, 0.5) is 0 Å². The van der Waals surface area contributed by atoms with Crippen molar-refractivity contribution >= 4 is 12.2 Å². The van der Waals surface area contributed by atoms with Gasteiger partial charge in [0.05, 0.1) is 0 Å². The van der Waals surface area contributed by atoms with E-state index in [0.717, 1.165) is 34.6 Å². The van der Waals surface area contributed by atoms with Crippen LogP contribution >= 0.6 is 0 Å². The van der Waals surface area contributed by atoms with Crippen molar-refractivity contribution in [2.24, 2.45) is 0 Å². The molecular weight excluding hydrogens is 164 g/mol. The Kier molecular flexibility index (Phi) is 1.83. The Morgan fingerprint density at radius 1 is 1.15 bits per heavy atom. The molecule has 0 aliphatic heterocycles. The Bertz CT molecular complexity index is 506.